The Morgan fingerprint density at radius 3 is 1.76 bits per heavy atom. The lowest BCUT2D eigenvalue weighted by atomic mass is 10.5. The maximum Gasteiger partial charge on any atom is 0.475 e. The van der Waals surface area contributed by atoms with E-state index in [2.05, 4.69) is 0 Å². The Kier molecular flexibility index (Phi) is 9.49. The van der Waals surface area contributed by atoms with Crippen LogP contribution in [0.15, 0.2) is 0 Å². The number of phosphoric ester groups is 1. The molecule has 0 fully saturated rings. The molecule has 0 saturated carbocycles. The first-order valence-corrected chi connectivity index (χ1v) is 8.17. The minimum atomic E-state index is -3.67. The van der Waals surface area contributed by atoms with E-state index in [1.54, 1.807) is 20.8 Å². The molecule has 17 heavy (non-hydrogen) atoms. The van der Waals surface area contributed by atoms with Crippen LogP contribution in [0.4, 0.5) is 0 Å². The Labute approximate surface area is 117 Å². The maximum absolute atomic E-state index is 12.2. The van der Waals surface area contributed by atoms with Crippen LogP contribution in [0.3, 0.4) is 0 Å². The highest BCUT2D eigenvalue weighted by atomic mass is 35.5. The van der Waals surface area contributed by atoms with E-state index in [1.165, 1.54) is 0 Å². The van der Waals surface area contributed by atoms with Gasteiger partial charge in [0.1, 0.15) is 0 Å². The summed E-state index contributed by atoms with van der Waals surface area (Å²) < 4.78 is 27.7. The molecule has 3 unspecified atom stereocenters. The van der Waals surface area contributed by atoms with Gasteiger partial charge in [0.25, 0.3) is 0 Å². The van der Waals surface area contributed by atoms with Crippen LogP contribution in [-0.4, -0.2) is 36.0 Å². The normalized spacial score (nSPS) is 20.6. The summed E-state index contributed by atoms with van der Waals surface area (Å²) in [6, 6.07) is 0. The molecule has 0 heterocycles. The van der Waals surface area contributed by atoms with Crippen LogP contribution in [0, 0.1) is 0 Å². The van der Waals surface area contributed by atoms with Crippen molar-refractivity contribution in [2.45, 2.75) is 38.4 Å². The molecule has 0 aliphatic heterocycles. The van der Waals surface area contributed by atoms with Gasteiger partial charge < -0.3 is 0 Å². The molecule has 0 radical (unpaired) electrons. The van der Waals surface area contributed by atoms with E-state index >= 15 is 0 Å². The maximum atomic E-state index is 12.2. The predicted molar refractivity (Wildman–Crippen MR) is 71.4 cm³/mol. The minimum Gasteiger partial charge on any atom is -0.285 e. The van der Waals surface area contributed by atoms with Crippen LogP contribution in [0.5, 0.6) is 0 Å². The van der Waals surface area contributed by atoms with E-state index in [0.29, 0.717) is 0 Å². The van der Waals surface area contributed by atoms with Crippen molar-refractivity contribution in [3.8, 4) is 0 Å². The molecule has 0 aromatic heterocycles. The number of alkyl halides is 3. The first kappa shape index (κ1) is 18.0. The molecular formula is C9H18Cl3O4P. The van der Waals surface area contributed by atoms with Crippen molar-refractivity contribution in [3.05, 3.63) is 0 Å². The summed E-state index contributed by atoms with van der Waals surface area (Å²) in [5.41, 5.74) is 0. The van der Waals surface area contributed by atoms with Gasteiger partial charge in [-0.3, -0.25) is 13.6 Å². The molecule has 0 aliphatic rings. The first-order valence-electron chi connectivity index (χ1n) is 5.20. The van der Waals surface area contributed by atoms with E-state index in [0.717, 1.165) is 0 Å². The third-order valence-corrected chi connectivity index (χ3v) is 4.21. The third-order valence-electron chi connectivity index (χ3n) is 1.51. The van der Waals surface area contributed by atoms with E-state index in [1.807, 2.05) is 0 Å². The molecule has 0 bridgehead atoms. The van der Waals surface area contributed by atoms with Gasteiger partial charge in [-0.25, -0.2) is 4.57 Å². The first-order chi connectivity index (χ1) is 7.83. The fourth-order valence-corrected chi connectivity index (χ4v) is 2.84. The van der Waals surface area contributed by atoms with Crippen molar-refractivity contribution in [2.75, 3.05) is 18.4 Å². The lowest BCUT2D eigenvalue weighted by Gasteiger charge is -2.23. The zero-order valence-corrected chi connectivity index (χ0v) is 13.2. The number of rotatable bonds is 9. The van der Waals surface area contributed by atoms with E-state index in [9.17, 15) is 4.57 Å². The summed E-state index contributed by atoms with van der Waals surface area (Å²) in [7, 11) is -3.67. The van der Waals surface area contributed by atoms with Crippen LogP contribution in [0.1, 0.15) is 20.8 Å². The molecule has 8 heteroatoms. The molecule has 0 rings (SSSR count). The van der Waals surface area contributed by atoms with Gasteiger partial charge in [-0.1, -0.05) is 0 Å². The number of halogens is 3. The fourth-order valence-electron chi connectivity index (χ4n) is 0.777. The zero-order chi connectivity index (χ0) is 13.5. The Hall–Kier alpha value is 0.980. The number of hydrogen-bond donors (Lipinski definition) is 0. The van der Waals surface area contributed by atoms with Gasteiger partial charge in [0.15, 0.2) is 0 Å². The molecule has 0 spiro atoms. The largest absolute Gasteiger partial charge is 0.475 e. The molecular weight excluding hydrogens is 309 g/mol. The smallest absolute Gasteiger partial charge is 0.285 e. The summed E-state index contributed by atoms with van der Waals surface area (Å²) in [6.45, 7) is 5.11. The molecule has 4 nitrogen and oxygen atoms in total. The molecule has 104 valence electrons. The third kappa shape index (κ3) is 8.66. The predicted octanol–water partition coefficient (Wildman–Crippen LogP) is 4.03. The summed E-state index contributed by atoms with van der Waals surface area (Å²) >= 11 is 16.9. The van der Waals surface area contributed by atoms with Crippen LogP contribution < -0.4 is 0 Å². The Bertz CT molecular complexity index is 236. The topological polar surface area (TPSA) is 44.8 Å². The van der Waals surface area contributed by atoms with Gasteiger partial charge in [0, 0.05) is 11.8 Å². The van der Waals surface area contributed by atoms with Crippen molar-refractivity contribution < 1.29 is 18.1 Å². The average molecular weight is 328 g/mol. The van der Waals surface area contributed by atoms with Crippen molar-refractivity contribution in [2.24, 2.45) is 0 Å². The summed E-state index contributed by atoms with van der Waals surface area (Å²) in [6.07, 6.45) is -0.897. The average Bonchev–Trinajstić information content (AvgIpc) is 2.26. The molecule has 0 saturated heterocycles. The number of hydrogen-bond acceptors (Lipinski definition) is 4. The van der Waals surface area contributed by atoms with E-state index in [4.69, 9.17) is 48.4 Å². The van der Waals surface area contributed by atoms with Crippen molar-refractivity contribution in [1.29, 1.82) is 0 Å². The zero-order valence-electron chi connectivity index (χ0n) is 10.1. The SMILES string of the molecule is CC(Cl)COP(=O)(OC(C)CCl)OC(C)CCl. The van der Waals surface area contributed by atoms with E-state index in [-0.39, 0.29) is 23.7 Å². The summed E-state index contributed by atoms with van der Waals surface area (Å²) in [5, 5.41) is -0.298. The van der Waals surface area contributed by atoms with Gasteiger partial charge >= 0.3 is 7.82 Å². The molecule has 0 aromatic carbocycles. The van der Waals surface area contributed by atoms with Crippen LogP contribution >= 0.6 is 42.6 Å². The van der Waals surface area contributed by atoms with Crippen LogP contribution in [0.25, 0.3) is 0 Å². The van der Waals surface area contributed by atoms with Gasteiger partial charge in [0.05, 0.1) is 24.2 Å². The second kappa shape index (κ2) is 8.98. The van der Waals surface area contributed by atoms with Crippen molar-refractivity contribution in [3.63, 3.8) is 0 Å². The van der Waals surface area contributed by atoms with Crippen LogP contribution in [-0.2, 0) is 18.1 Å². The highest BCUT2D eigenvalue weighted by molar-refractivity contribution is 7.48. The highest BCUT2D eigenvalue weighted by Gasteiger charge is 2.31. The monoisotopic (exact) mass is 326 g/mol. The Morgan fingerprint density at radius 1 is 1.06 bits per heavy atom. The Balaban J connectivity index is 4.50. The van der Waals surface area contributed by atoms with Gasteiger partial charge in [-0.2, -0.15) is 0 Å². The summed E-state index contributed by atoms with van der Waals surface area (Å²) in [4.78, 5) is 0. The van der Waals surface area contributed by atoms with Crippen LogP contribution in [0.2, 0.25) is 0 Å². The van der Waals surface area contributed by atoms with Gasteiger partial charge in [-0.05, 0) is 20.8 Å². The molecule has 0 N–H and O–H groups in total. The molecule has 3 atom stereocenters. The molecule has 0 aromatic rings. The Morgan fingerprint density at radius 2 is 1.47 bits per heavy atom. The number of phosphoric acid groups is 1. The second-order valence-corrected chi connectivity index (χ2v) is 6.60. The molecule has 0 aliphatic carbocycles. The lowest BCUT2D eigenvalue weighted by Crippen LogP contribution is -2.17. The van der Waals surface area contributed by atoms with Gasteiger partial charge in [0.2, 0.25) is 0 Å². The standard InChI is InChI=1S/C9H18Cl3O4P/c1-7(12)6-14-17(13,15-8(2)4-10)16-9(3)5-11/h7-9H,4-6H2,1-3H3. The molecule has 0 amide bonds. The van der Waals surface area contributed by atoms with E-state index < -0.39 is 20.0 Å². The second-order valence-electron chi connectivity index (χ2n) is 3.66. The van der Waals surface area contributed by atoms with Crippen molar-refractivity contribution in [1.82, 2.24) is 0 Å². The van der Waals surface area contributed by atoms with Gasteiger partial charge in [-0.15, -0.1) is 34.8 Å². The minimum absolute atomic E-state index is 0.0584. The fraction of sp³-hybridized carbons (Fsp3) is 1.00. The van der Waals surface area contributed by atoms with Crippen molar-refractivity contribution >= 4 is 42.6 Å². The quantitative estimate of drug-likeness (QED) is 0.474. The lowest BCUT2D eigenvalue weighted by molar-refractivity contribution is 0.0744. The highest BCUT2D eigenvalue weighted by Crippen LogP contribution is 2.52. The summed E-state index contributed by atoms with van der Waals surface area (Å²) in [5.74, 6) is 0.366.